The molecule has 0 spiro atoms. The van der Waals surface area contributed by atoms with E-state index in [9.17, 15) is 27.2 Å². The summed E-state index contributed by atoms with van der Waals surface area (Å²) < 4.78 is 51.4. The van der Waals surface area contributed by atoms with Gasteiger partial charge in [-0.25, -0.2) is 4.39 Å². The molecule has 9 heteroatoms. The van der Waals surface area contributed by atoms with Gasteiger partial charge in [0.2, 0.25) is 0 Å². The highest BCUT2D eigenvalue weighted by atomic mass is 19.4. The SMILES string of the molecule is O=C(NCCN1CCN(C(=O)c2cccc(C(F)(F)F)c2)CC1)c1ccc(F)cc1. The summed E-state index contributed by atoms with van der Waals surface area (Å²) >= 11 is 0. The zero-order valence-corrected chi connectivity index (χ0v) is 16.1. The van der Waals surface area contributed by atoms with Crippen LogP contribution in [0.25, 0.3) is 0 Å². The van der Waals surface area contributed by atoms with E-state index in [0.717, 1.165) is 12.1 Å². The predicted molar refractivity (Wildman–Crippen MR) is 103 cm³/mol. The van der Waals surface area contributed by atoms with Gasteiger partial charge in [0.05, 0.1) is 5.56 Å². The fourth-order valence-corrected chi connectivity index (χ4v) is 3.22. The number of amides is 2. The Bertz CT molecular complexity index is 892. The van der Waals surface area contributed by atoms with Crippen LogP contribution in [0.1, 0.15) is 26.3 Å². The maximum absolute atomic E-state index is 12.9. The first-order chi connectivity index (χ1) is 14.2. The number of alkyl halides is 3. The van der Waals surface area contributed by atoms with Gasteiger partial charge in [-0.2, -0.15) is 13.2 Å². The van der Waals surface area contributed by atoms with Gasteiger partial charge in [0.15, 0.2) is 0 Å². The van der Waals surface area contributed by atoms with E-state index in [1.165, 1.54) is 41.3 Å². The van der Waals surface area contributed by atoms with Crippen LogP contribution in [0.4, 0.5) is 17.6 Å². The molecule has 1 aliphatic rings. The average Bonchev–Trinajstić information content (AvgIpc) is 2.73. The lowest BCUT2D eigenvalue weighted by Crippen LogP contribution is -2.50. The molecule has 2 aromatic carbocycles. The molecule has 1 saturated heterocycles. The molecule has 0 saturated carbocycles. The third-order valence-electron chi connectivity index (χ3n) is 4.92. The van der Waals surface area contributed by atoms with Crippen LogP contribution in [-0.4, -0.2) is 60.9 Å². The normalized spacial score (nSPS) is 15.1. The Morgan fingerprint density at radius 2 is 1.60 bits per heavy atom. The molecule has 1 fully saturated rings. The number of nitrogens with one attached hydrogen (secondary N) is 1. The van der Waals surface area contributed by atoms with E-state index in [-0.39, 0.29) is 11.5 Å². The number of rotatable bonds is 5. The number of carbonyl (C=O) groups is 2. The molecule has 3 rings (SSSR count). The number of benzene rings is 2. The second-order valence-electron chi connectivity index (χ2n) is 6.98. The highest BCUT2D eigenvalue weighted by Gasteiger charge is 2.31. The summed E-state index contributed by atoms with van der Waals surface area (Å²) in [7, 11) is 0. The van der Waals surface area contributed by atoms with Gasteiger partial charge in [-0.3, -0.25) is 14.5 Å². The summed E-state index contributed by atoms with van der Waals surface area (Å²) in [4.78, 5) is 28.1. The zero-order valence-electron chi connectivity index (χ0n) is 16.1. The number of hydrogen-bond acceptors (Lipinski definition) is 3. The van der Waals surface area contributed by atoms with E-state index >= 15 is 0 Å². The fraction of sp³-hybridized carbons (Fsp3) is 0.333. The van der Waals surface area contributed by atoms with Gasteiger partial charge >= 0.3 is 6.18 Å². The Morgan fingerprint density at radius 1 is 0.933 bits per heavy atom. The number of carbonyl (C=O) groups excluding carboxylic acids is 2. The van der Waals surface area contributed by atoms with Crippen molar-refractivity contribution >= 4 is 11.8 Å². The van der Waals surface area contributed by atoms with Crippen molar-refractivity contribution in [3.8, 4) is 0 Å². The maximum atomic E-state index is 12.9. The van der Waals surface area contributed by atoms with Crippen molar-refractivity contribution < 1.29 is 27.2 Å². The monoisotopic (exact) mass is 423 g/mol. The van der Waals surface area contributed by atoms with Crippen LogP contribution in [0.15, 0.2) is 48.5 Å². The van der Waals surface area contributed by atoms with Crippen molar-refractivity contribution in [2.45, 2.75) is 6.18 Å². The topological polar surface area (TPSA) is 52.7 Å². The van der Waals surface area contributed by atoms with Crippen molar-refractivity contribution in [1.82, 2.24) is 15.1 Å². The maximum Gasteiger partial charge on any atom is 0.416 e. The Balaban J connectivity index is 1.45. The second kappa shape index (κ2) is 9.25. The molecule has 30 heavy (non-hydrogen) atoms. The molecular weight excluding hydrogens is 402 g/mol. The first-order valence-electron chi connectivity index (χ1n) is 9.47. The Hall–Kier alpha value is -2.94. The van der Waals surface area contributed by atoms with Gasteiger partial charge in [-0.15, -0.1) is 0 Å². The minimum Gasteiger partial charge on any atom is -0.351 e. The van der Waals surface area contributed by atoms with Crippen LogP contribution < -0.4 is 5.32 Å². The van der Waals surface area contributed by atoms with E-state index in [1.54, 1.807) is 0 Å². The van der Waals surface area contributed by atoms with Crippen molar-refractivity contribution in [2.24, 2.45) is 0 Å². The van der Waals surface area contributed by atoms with Gasteiger partial charge in [-0.1, -0.05) is 6.07 Å². The number of nitrogens with zero attached hydrogens (tertiary/aromatic N) is 2. The molecule has 0 aliphatic carbocycles. The number of hydrogen-bond donors (Lipinski definition) is 1. The van der Waals surface area contributed by atoms with E-state index in [2.05, 4.69) is 10.2 Å². The average molecular weight is 423 g/mol. The molecule has 0 aromatic heterocycles. The van der Waals surface area contributed by atoms with E-state index < -0.39 is 23.5 Å². The van der Waals surface area contributed by atoms with Gasteiger partial charge in [0.25, 0.3) is 11.8 Å². The third-order valence-corrected chi connectivity index (χ3v) is 4.92. The van der Waals surface area contributed by atoms with E-state index in [0.29, 0.717) is 44.8 Å². The van der Waals surface area contributed by atoms with Crippen molar-refractivity contribution in [3.63, 3.8) is 0 Å². The minimum absolute atomic E-state index is 0.0184. The Kier molecular flexibility index (Phi) is 6.71. The summed E-state index contributed by atoms with van der Waals surface area (Å²) in [5.41, 5.74) is -0.457. The molecule has 1 heterocycles. The van der Waals surface area contributed by atoms with Crippen LogP contribution in [0.3, 0.4) is 0 Å². The zero-order chi connectivity index (χ0) is 21.7. The molecule has 2 aromatic rings. The third kappa shape index (κ3) is 5.56. The highest BCUT2D eigenvalue weighted by molar-refractivity contribution is 5.94. The molecule has 0 bridgehead atoms. The van der Waals surface area contributed by atoms with Crippen LogP contribution >= 0.6 is 0 Å². The second-order valence-corrected chi connectivity index (χ2v) is 6.98. The van der Waals surface area contributed by atoms with E-state index in [1.807, 2.05) is 0 Å². The lowest BCUT2D eigenvalue weighted by atomic mass is 10.1. The summed E-state index contributed by atoms with van der Waals surface area (Å²) in [6.07, 6.45) is -4.49. The Morgan fingerprint density at radius 3 is 2.23 bits per heavy atom. The van der Waals surface area contributed by atoms with Crippen molar-refractivity contribution in [1.29, 1.82) is 0 Å². The van der Waals surface area contributed by atoms with Gasteiger partial charge < -0.3 is 10.2 Å². The van der Waals surface area contributed by atoms with Crippen molar-refractivity contribution in [2.75, 3.05) is 39.3 Å². The fourth-order valence-electron chi connectivity index (χ4n) is 3.22. The largest absolute Gasteiger partial charge is 0.416 e. The smallest absolute Gasteiger partial charge is 0.351 e. The summed E-state index contributed by atoms with van der Waals surface area (Å²) in [5, 5.41) is 2.76. The van der Waals surface area contributed by atoms with Crippen LogP contribution in [0, 0.1) is 5.82 Å². The molecule has 160 valence electrons. The summed E-state index contributed by atoms with van der Waals surface area (Å²) in [6, 6.07) is 9.68. The first kappa shape index (κ1) is 21.8. The van der Waals surface area contributed by atoms with Crippen molar-refractivity contribution in [3.05, 3.63) is 71.0 Å². The van der Waals surface area contributed by atoms with E-state index in [4.69, 9.17) is 0 Å². The number of halogens is 4. The standard InChI is InChI=1S/C21H21F4N3O2/c22-18-6-4-15(5-7-18)19(29)26-8-9-27-10-12-28(13-11-27)20(30)16-2-1-3-17(14-16)21(23,24)25/h1-7,14H,8-13H2,(H,26,29). The quantitative estimate of drug-likeness (QED) is 0.753. The van der Waals surface area contributed by atoms with Gasteiger partial charge in [0.1, 0.15) is 5.82 Å². The number of piperazine rings is 1. The van der Waals surface area contributed by atoms with Crippen LogP contribution in [0.5, 0.6) is 0 Å². The highest BCUT2D eigenvalue weighted by Crippen LogP contribution is 2.29. The molecule has 5 nitrogen and oxygen atoms in total. The minimum atomic E-state index is -4.49. The lowest BCUT2D eigenvalue weighted by Gasteiger charge is -2.34. The molecule has 0 unspecified atom stereocenters. The Labute approximate surface area is 171 Å². The summed E-state index contributed by atoms with van der Waals surface area (Å²) in [5.74, 6) is -1.14. The van der Waals surface area contributed by atoms with Gasteiger partial charge in [0, 0.05) is 50.4 Å². The lowest BCUT2D eigenvalue weighted by molar-refractivity contribution is -0.137. The first-order valence-corrected chi connectivity index (χ1v) is 9.47. The molecule has 2 amide bonds. The van der Waals surface area contributed by atoms with Crippen LogP contribution in [-0.2, 0) is 6.18 Å². The molecule has 0 atom stereocenters. The predicted octanol–water partition coefficient (Wildman–Crippen LogP) is 3.03. The molecular formula is C21H21F4N3O2. The molecule has 1 aliphatic heterocycles. The summed E-state index contributed by atoms with van der Waals surface area (Å²) in [6.45, 7) is 2.84. The molecule has 0 radical (unpaired) electrons. The van der Waals surface area contributed by atoms with Crippen LogP contribution in [0.2, 0.25) is 0 Å². The molecule has 1 N–H and O–H groups in total. The van der Waals surface area contributed by atoms with Gasteiger partial charge in [-0.05, 0) is 42.5 Å².